The topological polar surface area (TPSA) is 98.4 Å². The van der Waals surface area contributed by atoms with Gasteiger partial charge in [-0.2, -0.15) is 0 Å². The van der Waals surface area contributed by atoms with Crippen LogP contribution in [0.5, 0.6) is 11.5 Å². The van der Waals surface area contributed by atoms with Crippen LogP contribution in [0.15, 0.2) is 23.2 Å². The molecule has 1 amide bonds. The molecule has 0 aliphatic carbocycles. The van der Waals surface area contributed by atoms with Crippen molar-refractivity contribution in [2.75, 3.05) is 46.2 Å². The Labute approximate surface area is 207 Å². The third-order valence-corrected chi connectivity index (χ3v) is 6.61. The average molecular weight is 558 g/mol. The number of amides is 1. The fraction of sp³-hybridized carbons (Fsp3) is 0.652. The Kier molecular flexibility index (Phi) is 8.87. The molecule has 32 heavy (non-hydrogen) atoms. The van der Waals surface area contributed by atoms with Gasteiger partial charge in [0.25, 0.3) is 0 Å². The van der Waals surface area contributed by atoms with Crippen LogP contribution in [0.4, 0.5) is 0 Å². The Morgan fingerprint density at radius 1 is 1.28 bits per heavy atom. The third-order valence-electron chi connectivity index (χ3n) is 6.61. The number of hydrogen-bond donors (Lipinski definition) is 2. The maximum atomic E-state index is 11.4. The van der Waals surface area contributed by atoms with E-state index >= 15 is 0 Å². The fourth-order valence-electron chi connectivity index (χ4n) is 4.89. The van der Waals surface area contributed by atoms with Crippen LogP contribution in [-0.4, -0.2) is 63.0 Å². The van der Waals surface area contributed by atoms with E-state index in [1.807, 2.05) is 6.07 Å². The summed E-state index contributed by atoms with van der Waals surface area (Å²) in [6, 6.07) is 6.26. The van der Waals surface area contributed by atoms with Crippen LogP contribution >= 0.6 is 24.0 Å². The molecule has 1 aromatic rings. The molecular weight excluding hydrogens is 523 g/mol. The first-order valence-corrected chi connectivity index (χ1v) is 11.4. The number of rotatable bonds is 6. The zero-order valence-corrected chi connectivity index (χ0v) is 21.1. The molecule has 3 aliphatic heterocycles. The van der Waals surface area contributed by atoms with E-state index in [1.165, 1.54) is 5.56 Å². The summed E-state index contributed by atoms with van der Waals surface area (Å²) in [5.74, 6) is 2.60. The summed E-state index contributed by atoms with van der Waals surface area (Å²) in [4.78, 5) is 18.8. The zero-order chi connectivity index (χ0) is 21.7. The largest absolute Gasteiger partial charge is 0.454 e. The lowest BCUT2D eigenvalue weighted by Gasteiger charge is -2.38. The van der Waals surface area contributed by atoms with Gasteiger partial charge in [0.1, 0.15) is 0 Å². The number of aliphatic imine (C=N–C) groups is 1. The number of benzene rings is 1. The van der Waals surface area contributed by atoms with E-state index in [4.69, 9.17) is 24.9 Å². The van der Waals surface area contributed by atoms with Gasteiger partial charge in [-0.15, -0.1) is 24.0 Å². The normalized spacial score (nSPS) is 22.2. The van der Waals surface area contributed by atoms with Crippen molar-refractivity contribution < 1.29 is 19.0 Å². The second-order valence-electron chi connectivity index (χ2n) is 8.76. The fourth-order valence-corrected chi connectivity index (χ4v) is 4.89. The number of carbonyl (C=O) groups is 1. The highest BCUT2D eigenvalue weighted by Gasteiger charge is 2.36. The Morgan fingerprint density at radius 3 is 2.81 bits per heavy atom. The van der Waals surface area contributed by atoms with Crippen LogP contribution in [-0.2, 0) is 14.9 Å². The zero-order valence-electron chi connectivity index (χ0n) is 18.8. The Balaban J connectivity index is 0.00000289. The predicted octanol–water partition coefficient (Wildman–Crippen LogP) is 2.63. The van der Waals surface area contributed by atoms with E-state index in [1.54, 1.807) is 0 Å². The molecule has 0 bridgehead atoms. The van der Waals surface area contributed by atoms with E-state index in [9.17, 15) is 4.79 Å². The molecule has 0 saturated carbocycles. The molecule has 0 aromatic heterocycles. The Bertz CT molecular complexity index is 813. The van der Waals surface area contributed by atoms with Gasteiger partial charge in [0.2, 0.25) is 12.7 Å². The number of piperidine rings is 1. The van der Waals surface area contributed by atoms with Crippen molar-refractivity contribution in [3.63, 3.8) is 0 Å². The van der Waals surface area contributed by atoms with E-state index in [2.05, 4.69) is 29.3 Å². The van der Waals surface area contributed by atoms with Crippen molar-refractivity contribution in [2.24, 2.45) is 16.6 Å². The van der Waals surface area contributed by atoms with Gasteiger partial charge in [-0.05, 0) is 56.2 Å². The molecule has 1 atom stereocenters. The first kappa shape index (κ1) is 24.9. The lowest BCUT2D eigenvalue weighted by atomic mass is 9.74. The summed E-state index contributed by atoms with van der Waals surface area (Å²) < 4.78 is 16.8. The quantitative estimate of drug-likeness (QED) is 0.317. The molecule has 3 aliphatic rings. The van der Waals surface area contributed by atoms with Crippen molar-refractivity contribution in [3.8, 4) is 11.5 Å². The number of halogens is 1. The molecule has 9 heteroatoms. The van der Waals surface area contributed by atoms with Crippen LogP contribution in [0.1, 0.15) is 44.6 Å². The van der Waals surface area contributed by atoms with Gasteiger partial charge in [0.15, 0.2) is 17.5 Å². The van der Waals surface area contributed by atoms with Gasteiger partial charge >= 0.3 is 0 Å². The number of nitrogens with two attached hydrogens (primary N) is 1. The van der Waals surface area contributed by atoms with Crippen LogP contribution < -0.4 is 20.5 Å². The molecule has 2 fully saturated rings. The summed E-state index contributed by atoms with van der Waals surface area (Å²) in [5, 5.41) is 3.46. The maximum absolute atomic E-state index is 11.4. The van der Waals surface area contributed by atoms with Gasteiger partial charge in [-0.3, -0.25) is 9.79 Å². The highest BCUT2D eigenvalue weighted by molar-refractivity contribution is 14.0. The monoisotopic (exact) mass is 558 g/mol. The van der Waals surface area contributed by atoms with Crippen molar-refractivity contribution in [1.82, 2.24) is 10.2 Å². The predicted molar refractivity (Wildman–Crippen MR) is 134 cm³/mol. The summed E-state index contributed by atoms with van der Waals surface area (Å²) in [7, 11) is 0. The van der Waals surface area contributed by atoms with Crippen LogP contribution in [0.25, 0.3) is 0 Å². The number of nitrogens with one attached hydrogen (secondary N) is 1. The summed E-state index contributed by atoms with van der Waals surface area (Å²) in [5.41, 5.74) is 6.58. The lowest BCUT2D eigenvalue weighted by Crippen LogP contribution is -2.48. The van der Waals surface area contributed by atoms with Gasteiger partial charge in [-0.25, -0.2) is 0 Å². The maximum Gasteiger partial charge on any atom is 0.231 e. The second-order valence-corrected chi connectivity index (χ2v) is 8.76. The van der Waals surface area contributed by atoms with Gasteiger partial charge in [0, 0.05) is 44.7 Å². The first-order valence-electron chi connectivity index (χ1n) is 11.4. The summed E-state index contributed by atoms with van der Waals surface area (Å²) >= 11 is 0. The molecule has 0 spiro atoms. The van der Waals surface area contributed by atoms with Crippen LogP contribution in [0, 0.1) is 5.92 Å². The van der Waals surface area contributed by atoms with Crippen LogP contribution in [0.2, 0.25) is 0 Å². The number of likely N-dealkylation sites (tertiary alicyclic amines) is 1. The molecular formula is C23H35IN4O4. The number of ether oxygens (including phenoxy) is 3. The smallest absolute Gasteiger partial charge is 0.231 e. The lowest BCUT2D eigenvalue weighted by molar-refractivity contribution is -0.119. The molecule has 0 radical (unpaired) electrons. The number of carbonyl (C=O) groups excluding carboxylic acids is 1. The van der Waals surface area contributed by atoms with E-state index in [0.717, 1.165) is 76.0 Å². The first-order chi connectivity index (χ1) is 15.1. The number of fused-ring (bicyclic) bond motifs is 1. The van der Waals surface area contributed by atoms with E-state index < -0.39 is 0 Å². The number of guanidine groups is 1. The number of nitrogens with zero attached hydrogens (tertiary/aromatic N) is 2. The molecule has 1 unspecified atom stereocenters. The molecule has 178 valence electrons. The van der Waals surface area contributed by atoms with E-state index in [0.29, 0.717) is 18.9 Å². The highest BCUT2D eigenvalue weighted by atomic mass is 127. The SMILES string of the molecule is CCNC(=NCC1(c2ccc3c(c2)OCO3)CCOCC1)N1CCCC(CC(N)=O)C1.I. The van der Waals surface area contributed by atoms with Crippen molar-refractivity contribution in [3.05, 3.63) is 23.8 Å². The molecule has 2 saturated heterocycles. The van der Waals surface area contributed by atoms with Gasteiger partial charge in [-0.1, -0.05) is 6.07 Å². The molecule has 1 aromatic carbocycles. The molecule has 3 heterocycles. The Morgan fingerprint density at radius 2 is 2.06 bits per heavy atom. The average Bonchev–Trinajstić information content (AvgIpc) is 3.25. The summed E-state index contributed by atoms with van der Waals surface area (Å²) in [6.45, 7) is 7.05. The van der Waals surface area contributed by atoms with Crippen LogP contribution in [0.3, 0.4) is 0 Å². The van der Waals surface area contributed by atoms with Crippen molar-refractivity contribution in [1.29, 1.82) is 0 Å². The number of hydrogen-bond acceptors (Lipinski definition) is 5. The van der Waals surface area contributed by atoms with Gasteiger partial charge in [0.05, 0.1) is 6.54 Å². The molecule has 4 rings (SSSR count). The van der Waals surface area contributed by atoms with Crippen molar-refractivity contribution in [2.45, 2.75) is 44.4 Å². The highest BCUT2D eigenvalue weighted by Crippen LogP contribution is 2.41. The molecule has 3 N–H and O–H groups in total. The minimum atomic E-state index is -0.224. The minimum absolute atomic E-state index is 0. The minimum Gasteiger partial charge on any atom is -0.454 e. The second kappa shape index (κ2) is 11.4. The van der Waals surface area contributed by atoms with E-state index in [-0.39, 0.29) is 42.1 Å². The number of primary amides is 1. The van der Waals surface area contributed by atoms with Gasteiger partial charge < -0.3 is 30.2 Å². The summed E-state index contributed by atoms with van der Waals surface area (Å²) in [6.07, 6.45) is 4.36. The standard InChI is InChI=1S/C23H34N4O4.HI/c1-2-25-22(27-9-3-4-17(14-27)12-21(24)28)26-15-23(7-10-29-11-8-23)18-5-6-19-20(13-18)31-16-30-19;/h5-6,13,17H,2-4,7-12,14-16H2,1H3,(H2,24,28)(H,25,26);1H. The van der Waals surface area contributed by atoms with Crippen molar-refractivity contribution >= 4 is 35.8 Å². The third kappa shape index (κ3) is 5.78. The Hall–Kier alpha value is -1.75. The molecule has 8 nitrogen and oxygen atoms in total.